The normalized spacial score (nSPS) is 12.2. The van der Waals surface area contributed by atoms with E-state index >= 15 is 0 Å². The zero-order chi connectivity index (χ0) is 13.8. The van der Waals surface area contributed by atoms with Crippen LogP contribution in [0.2, 0.25) is 5.02 Å². The first kappa shape index (κ1) is 13.9. The standard InChI is InChI=1S/C16H17ClFN/c1-3-15(12-6-4-11(2)5-7-12)19-16-9-8-13(17)10-14(16)18/h4-10,15,19H,3H2,1-2H3. The van der Waals surface area contributed by atoms with Crippen LogP contribution in [0.1, 0.15) is 30.5 Å². The van der Waals surface area contributed by atoms with Gasteiger partial charge in [0.25, 0.3) is 0 Å². The van der Waals surface area contributed by atoms with E-state index in [4.69, 9.17) is 11.6 Å². The second-order valence-electron chi connectivity index (χ2n) is 4.64. The maximum atomic E-state index is 13.8. The summed E-state index contributed by atoms with van der Waals surface area (Å²) in [5, 5.41) is 3.64. The highest BCUT2D eigenvalue weighted by Gasteiger charge is 2.11. The minimum absolute atomic E-state index is 0.0938. The SMILES string of the molecule is CCC(Nc1ccc(Cl)cc1F)c1ccc(C)cc1. The van der Waals surface area contributed by atoms with Crippen molar-refractivity contribution in [1.29, 1.82) is 0 Å². The third-order valence-electron chi connectivity index (χ3n) is 3.15. The molecule has 2 aromatic carbocycles. The van der Waals surface area contributed by atoms with Gasteiger partial charge in [-0.25, -0.2) is 4.39 Å². The largest absolute Gasteiger partial charge is 0.376 e. The van der Waals surface area contributed by atoms with Crippen molar-refractivity contribution >= 4 is 17.3 Å². The molecule has 0 fully saturated rings. The molecule has 0 aromatic heterocycles. The van der Waals surface area contributed by atoms with E-state index < -0.39 is 0 Å². The zero-order valence-electron chi connectivity index (χ0n) is 11.1. The van der Waals surface area contributed by atoms with E-state index in [1.165, 1.54) is 11.6 Å². The Labute approximate surface area is 118 Å². The maximum Gasteiger partial charge on any atom is 0.147 e. The number of aryl methyl sites for hydroxylation is 1. The van der Waals surface area contributed by atoms with Crippen LogP contribution in [0.5, 0.6) is 0 Å². The van der Waals surface area contributed by atoms with Crippen molar-refractivity contribution in [3.63, 3.8) is 0 Å². The van der Waals surface area contributed by atoms with Gasteiger partial charge in [-0.2, -0.15) is 0 Å². The van der Waals surface area contributed by atoms with Crippen LogP contribution in [0.4, 0.5) is 10.1 Å². The fourth-order valence-corrected chi connectivity index (χ4v) is 2.17. The third-order valence-corrected chi connectivity index (χ3v) is 3.38. The summed E-state index contributed by atoms with van der Waals surface area (Å²) in [7, 11) is 0. The Morgan fingerprint density at radius 3 is 2.42 bits per heavy atom. The lowest BCUT2D eigenvalue weighted by molar-refractivity contribution is 0.624. The summed E-state index contributed by atoms with van der Waals surface area (Å²) in [5.74, 6) is -0.321. The van der Waals surface area contributed by atoms with Gasteiger partial charge >= 0.3 is 0 Å². The summed E-state index contributed by atoms with van der Waals surface area (Å²) < 4.78 is 13.8. The molecule has 0 saturated carbocycles. The molecule has 100 valence electrons. The molecule has 0 heterocycles. The molecule has 0 amide bonds. The van der Waals surface area contributed by atoms with Gasteiger partial charge in [0.05, 0.1) is 11.7 Å². The van der Waals surface area contributed by atoms with E-state index in [0.717, 1.165) is 12.0 Å². The Balaban J connectivity index is 2.21. The highest BCUT2D eigenvalue weighted by Crippen LogP contribution is 2.26. The molecule has 1 nitrogen and oxygen atoms in total. The average Bonchev–Trinajstić information content (AvgIpc) is 2.39. The van der Waals surface area contributed by atoms with E-state index in [0.29, 0.717) is 10.7 Å². The van der Waals surface area contributed by atoms with Crippen molar-refractivity contribution < 1.29 is 4.39 Å². The fraction of sp³-hybridized carbons (Fsp3) is 0.250. The van der Waals surface area contributed by atoms with Crippen molar-refractivity contribution in [3.8, 4) is 0 Å². The highest BCUT2D eigenvalue weighted by molar-refractivity contribution is 6.30. The number of nitrogens with one attached hydrogen (secondary N) is 1. The minimum atomic E-state index is -0.321. The highest BCUT2D eigenvalue weighted by atomic mass is 35.5. The van der Waals surface area contributed by atoms with E-state index in [-0.39, 0.29) is 11.9 Å². The van der Waals surface area contributed by atoms with E-state index in [1.807, 2.05) is 0 Å². The number of benzene rings is 2. The molecule has 0 radical (unpaired) electrons. The lowest BCUT2D eigenvalue weighted by Gasteiger charge is -2.19. The van der Waals surface area contributed by atoms with Crippen LogP contribution in [0.3, 0.4) is 0 Å². The predicted octanol–water partition coefficient (Wildman–Crippen LogP) is 5.35. The first-order valence-corrected chi connectivity index (χ1v) is 6.76. The Morgan fingerprint density at radius 1 is 1.16 bits per heavy atom. The van der Waals surface area contributed by atoms with Crippen molar-refractivity contribution in [3.05, 3.63) is 64.4 Å². The van der Waals surface area contributed by atoms with Crippen LogP contribution in [-0.4, -0.2) is 0 Å². The van der Waals surface area contributed by atoms with E-state index in [1.54, 1.807) is 12.1 Å². The topological polar surface area (TPSA) is 12.0 Å². The van der Waals surface area contributed by atoms with Gasteiger partial charge < -0.3 is 5.32 Å². The third kappa shape index (κ3) is 3.48. The van der Waals surface area contributed by atoms with Gasteiger partial charge in [0.2, 0.25) is 0 Å². The molecule has 0 spiro atoms. The second-order valence-corrected chi connectivity index (χ2v) is 5.08. The lowest BCUT2D eigenvalue weighted by atomic mass is 10.0. The van der Waals surface area contributed by atoms with Crippen molar-refractivity contribution in [2.75, 3.05) is 5.32 Å². The Morgan fingerprint density at radius 2 is 1.84 bits per heavy atom. The Kier molecular flexibility index (Phi) is 4.43. The predicted molar refractivity (Wildman–Crippen MR) is 79.2 cm³/mol. The van der Waals surface area contributed by atoms with Gasteiger partial charge in [-0.15, -0.1) is 0 Å². The number of hydrogen-bond acceptors (Lipinski definition) is 1. The Bertz CT molecular complexity index is 551. The van der Waals surface area contributed by atoms with Crippen LogP contribution < -0.4 is 5.32 Å². The molecular weight excluding hydrogens is 261 g/mol. The molecule has 1 atom stereocenters. The first-order chi connectivity index (χ1) is 9.10. The van der Waals surface area contributed by atoms with E-state index in [9.17, 15) is 4.39 Å². The van der Waals surface area contributed by atoms with Gasteiger partial charge in [-0.05, 0) is 37.1 Å². The Hall–Kier alpha value is -1.54. The second kappa shape index (κ2) is 6.07. The number of halogens is 2. The van der Waals surface area contributed by atoms with Crippen LogP contribution in [0.25, 0.3) is 0 Å². The number of anilines is 1. The molecular formula is C16H17ClFN. The van der Waals surface area contributed by atoms with Crippen LogP contribution >= 0.6 is 11.6 Å². The summed E-state index contributed by atoms with van der Waals surface area (Å²) >= 11 is 5.75. The summed E-state index contributed by atoms with van der Waals surface area (Å²) in [6.45, 7) is 4.13. The summed E-state index contributed by atoms with van der Waals surface area (Å²) in [6.07, 6.45) is 0.880. The smallest absolute Gasteiger partial charge is 0.147 e. The van der Waals surface area contributed by atoms with Crippen LogP contribution in [-0.2, 0) is 0 Å². The summed E-state index contributed by atoms with van der Waals surface area (Å²) in [6, 6.07) is 13.1. The van der Waals surface area contributed by atoms with Gasteiger partial charge in [-0.3, -0.25) is 0 Å². The quantitative estimate of drug-likeness (QED) is 0.794. The van der Waals surface area contributed by atoms with Crippen molar-refractivity contribution in [2.45, 2.75) is 26.3 Å². The van der Waals surface area contributed by atoms with Gasteiger partial charge in [0.15, 0.2) is 0 Å². The number of rotatable bonds is 4. The van der Waals surface area contributed by atoms with Crippen molar-refractivity contribution in [1.82, 2.24) is 0 Å². The minimum Gasteiger partial charge on any atom is -0.376 e. The summed E-state index contributed by atoms with van der Waals surface area (Å²) in [4.78, 5) is 0. The van der Waals surface area contributed by atoms with Gasteiger partial charge in [0, 0.05) is 5.02 Å². The summed E-state index contributed by atoms with van der Waals surface area (Å²) in [5.41, 5.74) is 2.86. The molecule has 1 N–H and O–H groups in total. The van der Waals surface area contributed by atoms with E-state index in [2.05, 4.69) is 43.4 Å². The number of hydrogen-bond donors (Lipinski definition) is 1. The van der Waals surface area contributed by atoms with Gasteiger partial charge in [-0.1, -0.05) is 48.4 Å². The molecule has 0 aliphatic heterocycles. The molecule has 0 saturated heterocycles. The van der Waals surface area contributed by atoms with Crippen LogP contribution in [0.15, 0.2) is 42.5 Å². The molecule has 2 aromatic rings. The van der Waals surface area contributed by atoms with Crippen LogP contribution in [0, 0.1) is 12.7 Å². The average molecular weight is 278 g/mol. The van der Waals surface area contributed by atoms with Crippen molar-refractivity contribution in [2.24, 2.45) is 0 Å². The molecule has 0 bridgehead atoms. The van der Waals surface area contributed by atoms with Gasteiger partial charge in [0.1, 0.15) is 5.82 Å². The molecule has 1 unspecified atom stereocenters. The molecule has 0 aliphatic carbocycles. The first-order valence-electron chi connectivity index (χ1n) is 6.38. The molecule has 19 heavy (non-hydrogen) atoms. The molecule has 0 aliphatic rings. The maximum absolute atomic E-state index is 13.8. The monoisotopic (exact) mass is 277 g/mol. The lowest BCUT2D eigenvalue weighted by Crippen LogP contribution is -2.10. The molecule has 2 rings (SSSR count). The molecule has 3 heteroatoms. The fourth-order valence-electron chi connectivity index (χ4n) is 2.01. The zero-order valence-corrected chi connectivity index (χ0v) is 11.8.